The minimum Gasteiger partial charge on any atom is -0.481 e. The molecule has 1 aliphatic rings. The van der Waals surface area contributed by atoms with E-state index in [9.17, 15) is 22.8 Å². The van der Waals surface area contributed by atoms with E-state index in [1.165, 1.54) is 25.3 Å². The summed E-state index contributed by atoms with van der Waals surface area (Å²) in [6.45, 7) is -1.56. The number of nitrogens with zero attached hydrogens (tertiary/aromatic N) is 3. The Labute approximate surface area is 130 Å². The second-order valence-corrected chi connectivity index (χ2v) is 5.25. The molecule has 0 aromatic carbocycles. The molecule has 2 heterocycles. The maximum absolute atomic E-state index is 12.4. The lowest BCUT2D eigenvalue weighted by atomic mass is 10.1. The molecule has 9 heteroatoms. The number of methoxy groups -OCH3 is 1. The third kappa shape index (κ3) is 4.11. The van der Waals surface area contributed by atoms with Crippen molar-refractivity contribution in [3.05, 3.63) is 18.3 Å². The number of anilines is 1. The Balaban J connectivity index is 2.03. The third-order valence-corrected chi connectivity index (χ3v) is 3.58. The van der Waals surface area contributed by atoms with Gasteiger partial charge in [0.2, 0.25) is 17.7 Å². The Kier molecular flexibility index (Phi) is 4.76. The maximum atomic E-state index is 12.4. The molecule has 1 aliphatic heterocycles. The second kappa shape index (κ2) is 6.43. The lowest BCUT2D eigenvalue weighted by Gasteiger charge is -2.22. The number of aromatic nitrogens is 1. The molecule has 0 aliphatic carbocycles. The molecule has 1 saturated heterocycles. The summed E-state index contributed by atoms with van der Waals surface area (Å²) in [5.74, 6) is -1.50. The Morgan fingerprint density at radius 2 is 2.17 bits per heavy atom. The highest BCUT2D eigenvalue weighted by Gasteiger charge is 2.41. The van der Waals surface area contributed by atoms with Crippen LogP contribution in [-0.4, -0.2) is 55.1 Å². The van der Waals surface area contributed by atoms with Gasteiger partial charge in [-0.15, -0.1) is 0 Å². The van der Waals surface area contributed by atoms with Gasteiger partial charge < -0.3 is 14.5 Å². The smallest absolute Gasteiger partial charge is 0.406 e. The summed E-state index contributed by atoms with van der Waals surface area (Å²) in [6, 6.07) is 3.17. The van der Waals surface area contributed by atoms with Crippen LogP contribution < -0.4 is 9.64 Å². The van der Waals surface area contributed by atoms with Gasteiger partial charge in [0.25, 0.3) is 0 Å². The average Bonchev–Trinajstić information content (AvgIpc) is 2.85. The summed E-state index contributed by atoms with van der Waals surface area (Å²) in [7, 11) is 2.94. The van der Waals surface area contributed by atoms with Crippen LogP contribution in [0, 0.1) is 5.92 Å². The fourth-order valence-corrected chi connectivity index (χ4v) is 2.40. The number of pyridine rings is 1. The predicted molar refractivity (Wildman–Crippen MR) is 74.9 cm³/mol. The highest BCUT2D eigenvalue weighted by molar-refractivity contribution is 5.98. The zero-order chi connectivity index (χ0) is 17.2. The predicted octanol–water partition coefficient (Wildman–Crippen LogP) is 1.46. The molecular weight excluding hydrogens is 315 g/mol. The number of carbonyl (C=O) groups is 2. The molecule has 1 aromatic heterocycles. The summed E-state index contributed by atoms with van der Waals surface area (Å²) >= 11 is 0. The van der Waals surface area contributed by atoms with Crippen LogP contribution in [0.1, 0.15) is 6.42 Å². The van der Waals surface area contributed by atoms with Crippen LogP contribution in [0.5, 0.6) is 5.88 Å². The van der Waals surface area contributed by atoms with Crippen molar-refractivity contribution in [1.82, 2.24) is 9.88 Å². The Bertz CT molecular complexity index is 589. The average molecular weight is 331 g/mol. The van der Waals surface area contributed by atoms with Crippen molar-refractivity contribution in [3.8, 4) is 5.88 Å². The molecule has 0 N–H and O–H groups in total. The molecule has 126 valence electrons. The molecular formula is C14H16F3N3O3. The quantitative estimate of drug-likeness (QED) is 0.838. The molecule has 1 fully saturated rings. The number of likely N-dealkylation sites (tertiary alicyclic amines) is 1. The summed E-state index contributed by atoms with van der Waals surface area (Å²) in [4.78, 5) is 29.9. The van der Waals surface area contributed by atoms with Crippen molar-refractivity contribution < 1.29 is 27.5 Å². The van der Waals surface area contributed by atoms with Gasteiger partial charge in [-0.3, -0.25) is 9.59 Å². The monoisotopic (exact) mass is 331 g/mol. The van der Waals surface area contributed by atoms with Gasteiger partial charge in [0.15, 0.2) is 0 Å². The number of alkyl halides is 3. The summed E-state index contributed by atoms with van der Waals surface area (Å²) < 4.78 is 42.1. The number of hydrogen-bond acceptors (Lipinski definition) is 4. The second-order valence-electron chi connectivity index (χ2n) is 5.25. The lowest BCUT2D eigenvalue weighted by molar-refractivity contribution is -0.157. The van der Waals surface area contributed by atoms with Crippen LogP contribution >= 0.6 is 0 Å². The Morgan fingerprint density at radius 1 is 1.48 bits per heavy atom. The van der Waals surface area contributed by atoms with Gasteiger partial charge in [0.05, 0.1) is 24.9 Å². The number of rotatable bonds is 4. The first-order valence-electron chi connectivity index (χ1n) is 6.83. The SMILES string of the molecule is COc1ccc(N(C)C(=O)[C@@H]2CC(=O)N(CC(F)(F)F)C2)cn1. The van der Waals surface area contributed by atoms with Crippen molar-refractivity contribution in [1.29, 1.82) is 0 Å². The minimum atomic E-state index is -4.47. The van der Waals surface area contributed by atoms with Crippen LogP contribution in [-0.2, 0) is 9.59 Å². The molecule has 2 amide bonds. The fraction of sp³-hybridized carbons (Fsp3) is 0.500. The van der Waals surface area contributed by atoms with Crippen molar-refractivity contribution in [3.63, 3.8) is 0 Å². The van der Waals surface area contributed by atoms with E-state index in [1.54, 1.807) is 12.1 Å². The number of ether oxygens (including phenoxy) is 1. The van der Waals surface area contributed by atoms with Gasteiger partial charge in [-0.25, -0.2) is 4.98 Å². The Hall–Kier alpha value is -2.32. The van der Waals surface area contributed by atoms with E-state index >= 15 is 0 Å². The van der Waals surface area contributed by atoms with E-state index in [4.69, 9.17) is 4.74 Å². The molecule has 0 radical (unpaired) electrons. The molecule has 0 spiro atoms. The first-order chi connectivity index (χ1) is 10.7. The number of carbonyl (C=O) groups excluding carboxylic acids is 2. The van der Waals surface area contributed by atoms with Crippen molar-refractivity contribution >= 4 is 17.5 Å². The molecule has 0 unspecified atom stereocenters. The molecule has 1 aromatic rings. The first kappa shape index (κ1) is 17.0. The van der Waals surface area contributed by atoms with Crippen LogP contribution in [0.15, 0.2) is 18.3 Å². The van der Waals surface area contributed by atoms with Crippen molar-refractivity contribution in [2.75, 3.05) is 32.1 Å². The molecule has 0 bridgehead atoms. The van der Waals surface area contributed by atoms with Crippen LogP contribution in [0.4, 0.5) is 18.9 Å². The van der Waals surface area contributed by atoms with Gasteiger partial charge in [-0.2, -0.15) is 13.2 Å². The zero-order valence-electron chi connectivity index (χ0n) is 12.6. The molecule has 1 atom stereocenters. The van der Waals surface area contributed by atoms with Gasteiger partial charge in [0.1, 0.15) is 6.54 Å². The molecule has 23 heavy (non-hydrogen) atoms. The highest BCUT2D eigenvalue weighted by atomic mass is 19.4. The summed E-state index contributed by atoms with van der Waals surface area (Å²) in [6.07, 6.45) is -3.27. The maximum Gasteiger partial charge on any atom is 0.406 e. The molecule has 2 rings (SSSR count). The first-order valence-corrected chi connectivity index (χ1v) is 6.83. The number of hydrogen-bond donors (Lipinski definition) is 0. The van der Waals surface area contributed by atoms with Crippen LogP contribution in [0.2, 0.25) is 0 Å². The topological polar surface area (TPSA) is 62.7 Å². The van der Waals surface area contributed by atoms with Crippen molar-refractivity contribution in [2.24, 2.45) is 5.92 Å². The normalized spacial score (nSPS) is 18.2. The van der Waals surface area contributed by atoms with E-state index in [0.29, 0.717) is 16.5 Å². The van der Waals surface area contributed by atoms with E-state index in [1.807, 2.05) is 0 Å². The number of halogens is 3. The summed E-state index contributed by atoms with van der Waals surface area (Å²) in [5.41, 5.74) is 0.470. The van der Waals surface area contributed by atoms with Gasteiger partial charge in [-0.05, 0) is 6.07 Å². The zero-order valence-corrected chi connectivity index (χ0v) is 12.6. The molecule has 6 nitrogen and oxygen atoms in total. The highest BCUT2D eigenvalue weighted by Crippen LogP contribution is 2.26. The van der Waals surface area contributed by atoms with Crippen molar-refractivity contribution in [2.45, 2.75) is 12.6 Å². The van der Waals surface area contributed by atoms with Crippen LogP contribution in [0.25, 0.3) is 0 Å². The molecule has 0 saturated carbocycles. The van der Waals surface area contributed by atoms with Gasteiger partial charge in [0, 0.05) is 26.1 Å². The van der Waals surface area contributed by atoms with E-state index < -0.39 is 30.5 Å². The van der Waals surface area contributed by atoms with Gasteiger partial charge >= 0.3 is 6.18 Å². The lowest BCUT2D eigenvalue weighted by Crippen LogP contribution is -2.37. The minimum absolute atomic E-state index is 0.219. The van der Waals surface area contributed by atoms with E-state index in [2.05, 4.69) is 4.98 Å². The van der Waals surface area contributed by atoms with Crippen LogP contribution in [0.3, 0.4) is 0 Å². The van der Waals surface area contributed by atoms with Gasteiger partial charge in [-0.1, -0.05) is 0 Å². The third-order valence-electron chi connectivity index (χ3n) is 3.58. The standard InChI is InChI=1S/C14H16F3N3O3/c1-19(10-3-4-11(23-2)18-6-10)13(22)9-5-12(21)20(7-9)8-14(15,16)17/h3-4,6,9H,5,7-8H2,1-2H3/t9-/m1/s1. The van der Waals surface area contributed by atoms with E-state index in [0.717, 1.165) is 0 Å². The number of amides is 2. The Morgan fingerprint density at radius 3 is 2.70 bits per heavy atom. The summed E-state index contributed by atoms with van der Waals surface area (Å²) in [5, 5.41) is 0. The van der Waals surface area contributed by atoms with E-state index in [-0.39, 0.29) is 13.0 Å². The fourth-order valence-electron chi connectivity index (χ4n) is 2.40. The largest absolute Gasteiger partial charge is 0.481 e.